The number of rotatable bonds is 3. The van der Waals surface area contributed by atoms with E-state index in [1.54, 1.807) is 24.5 Å². The minimum absolute atomic E-state index is 0.361. The van der Waals surface area contributed by atoms with Crippen LogP contribution in [0.5, 0.6) is 0 Å². The van der Waals surface area contributed by atoms with E-state index in [4.69, 9.17) is 28.9 Å². The molecule has 0 fully saturated rings. The highest BCUT2D eigenvalue weighted by Gasteiger charge is 2.22. The van der Waals surface area contributed by atoms with Gasteiger partial charge in [-0.15, -0.1) is 11.6 Å². The van der Waals surface area contributed by atoms with Crippen LogP contribution in [0.15, 0.2) is 12.3 Å². The lowest BCUT2D eigenvalue weighted by Gasteiger charge is -2.14. The summed E-state index contributed by atoms with van der Waals surface area (Å²) in [6, 6.07) is 1.11. The Morgan fingerprint density at radius 1 is 1.50 bits per heavy atom. The van der Waals surface area contributed by atoms with Gasteiger partial charge in [-0.3, -0.25) is 9.36 Å². The number of carbonyl (C=O) groups excluding carboxylic acids is 1. The Morgan fingerprint density at radius 2 is 2.17 bits per heavy atom. The Kier molecular flexibility index (Phi) is 3.45. The van der Waals surface area contributed by atoms with Crippen molar-refractivity contribution in [3.63, 3.8) is 0 Å². The second kappa shape index (κ2) is 4.74. The molecule has 0 saturated carbocycles. The maximum absolute atomic E-state index is 11.4. The van der Waals surface area contributed by atoms with Crippen molar-refractivity contribution in [3.05, 3.63) is 23.1 Å². The van der Waals surface area contributed by atoms with Crippen molar-refractivity contribution in [2.24, 2.45) is 5.73 Å². The topological polar surface area (TPSA) is 73.8 Å². The summed E-state index contributed by atoms with van der Waals surface area (Å²) in [7, 11) is 0. The SMILES string of the molecule is CC(Cl)c1nc2cc(Cl)cnc2n1C(C)C(N)=O. The van der Waals surface area contributed by atoms with Crippen LogP contribution in [0.25, 0.3) is 11.2 Å². The minimum atomic E-state index is -0.570. The summed E-state index contributed by atoms with van der Waals surface area (Å²) in [4.78, 5) is 19.9. The monoisotopic (exact) mass is 286 g/mol. The van der Waals surface area contributed by atoms with Gasteiger partial charge in [0.05, 0.1) is 10.4 Å². The molecule has 0 aliphatic heterocycles. The van der Waals surface area contributed by atoms with Crippen LogP contribution < -0.4 is 5.73 Å². The van der Waals surface area contributed by atoms with Crippen molar-refractivity contribution in [1.82, 2.24) is 14.5 Å². The molecule has 2 atom stereocenters. The smallest absolute Gasteiger partial charge is 0.240 e. The van der Waals surface area contributed by atoms with Crippen molar-refractivity contribution in [2.75, 3.05) is 0 Å². The van der Waals surface area contributed by atoms with Gasteiger partial charge >= 0.3 is 0 Å². The van der Waals surface area contributed by atoms with Crippen LogP contribution in [0.4, 0.5) is 0 Å². The quantitative estimate of drug-likeness (QED) is 0.881. The first kappa shape index (κ1) is 13.1. The van der Waals surface area contributed by atoms with Gasteiger partial charge in [-0.2, -0.15) is 0 Å². The summed E-state index contributed by atoms with van der Waals surface area (Å²) >= 11 is 11.9. The first-order chi connectivity index (χ1) is 8.41. The number of hydrogen-bond acceptors (Lipinski definition) is 3. The van der Waals surface area contributed by atoms with Crippen LogP contribution in [0.1, 0.15) is 31.1 Å². The fraction of sp³-hybridized carbons (Fsp3) is 0.364. The van der Waals surface area contributed by atoms with Crippen LogP contribution in [0, 0.1) is 0 Å². The first-order valence-electron chi connectivity index (χ1n) is 5.38. The number of fused-ring (bicyclic) bond motifs is 1. The van der Waals surface area contributed by atoms with Crippen LogP contribution in [-0.4, -0.2) is 20.4 Å². The van der Waals surface area contributed by atoms with Gasteiger partial charge in [0.2, 0.25) is 5.91 Å². The molecule has 0 aliphatic carbocycles. The fourth-order valence-electron chi connectivity index (χ4n) is 1.76. The van der Waals surface area contributed by atoms with Crippen LogP contribution in [-0.2, 0) is 4.79 Å². The summed E-state index contributed by atoms with van der Waals surface area (Å²) in [5, 5.41) is 0.118. The average molecular weight is 287 g/mol. The summed E-state index contributed by atoms with van der Waals surface area (Å²) in [5.41, 5.74) is 6.48. The summed E-state index contributed by atoms with van der Waals surface area (Å²) < 4.78 is 1.64. The highest BCUT2D eigenvalue weighted by molar-refractivity contribution is 6.31. The summed E-state index contributed by atoms with van der Waals surface area (Å²) in [5.74, 6) is 0.0809. The first-order valence-corrected chi connectivity index (χ1v) is 6.20. The number of nitrogens with two attached hydrogens (primary N) is 1. The van der Waals surface area contributed by atoms with Crippen molar-refractivity contribution in [2.45, 2.75) is 25.3 Å². The number of hydrogen-bond donors (Lipinski definition) is 1. The predicted molar refractivity (Wildman–Crippen MR) is 70.7 cm³/mol. The zero-order valence-corrected chi connectivity index (χ0v) is 11.4. The lowest BCUT2D eigenvalue weighted by molar-refractivity contribution is -0.120. The van der Waals surface area contributed by atoms with E-state index in [0.717, 1.165) is 0 Å². The van der Waals surface area contributed by atoms with Crippen LogP contribution >= 0.6 is 23.2 Å². The molecule has 2 rings (SSSR count). The molecule has 96 valence electrons. The lowest BCUT2D eigenvalue weighted by atomic mass is 10.3. The van der Waals surface area contributed by atoms with E-state index >= 15 is 0 Å². The van der Waals surface area contributed by atoms with Crippen LogP contribution in [0.2, 0.25) is 5.02 Å². The molecule has 5 nitrogen and oxygen atoms in total. The Labute approximate surface area is 114 Å². The van der Waals surface area contributed by atoms with Gasteiger partial charge in [0.15, 0.2) is 5.65 Å². The summed E-state index contributed by atoms with van der Waals surface area (Å²) in [6.07, 6.45) is 1.50. The van der Waals surface area contributed by atoms with E-state index in [9.17, 15) is 4.79 Å². The maximum atomic E-state index is 11.4. The highest BCUT2D eigenvalue weighted by atomic mass is 35.5. The highest BCUT2D eigenvalue weighted by Crippen LogP contribution is 2.27. The Bertz CT molecular complexity index is 608. The van der Waals surface area contributed by atoms with Gasteiger partial charge in [0.1, 0.15) is 17.4 Å². The molecule has 2 unspecified atom stereocenters. The second-order valence-electron chi connectivity index (χ2n) is 4.03. The normalized spacial score (nSPS) is 14.7. The van der Waals surface area contributed by atoms with Gasteiger partial charge in [-0.25, -0.2) is 9.97 Å². The molecule has 0 aliphatic rings. The van der Waals surface area contributed by atoms with Crippen molar-refractivity contribution in [3.8, 4) is 0 Å². The minimum Gasteiger partial charge on any atom is -0.368 e. The van der Waals surface area contributed by atoms with E-state index in [1.165, 1.54) is 6.20 Å². The largest absolute Gasteiger partial charge is 0.368 e. The van der Waals surface area contributed by atoms with E-state index in [1.807, 2.05) is 0 Å². The van der Waals surface area contributed by atoms with Crippen molar-refractivity contribution >= 4 is 40.3 Å². The third kappa shape index (κ3) is 2.15. The molecule has 0 bridgehead atoms. The fourth-order valence-corrected chi connectivity index (χ4v) is 2.07. The standard InChI is InChI=1S/C11H12Cl2N4O/c1-5(12)10-16-8-3-7(13)4-15-11(8)17(10)6(2)9(14)18/h3-6H,1-2H3,(H2,14,18). The van der Waals surface area contributed by atoms with E-state index in [0.29, 0.717) is 22.0 Å². The predicted octanol–water partition coefficient (Wildman–Crippen LogP) is 2.43. The second-order valence-corrected chi connectivity index (χ2v) is 5.12. The van der Waals surface area contributed by atoms with Gasteiger partial charge in [0, 0.05) is 6.20 Å². The molecule has 18 heavy (non-hydrogen) atoms. The zero-order valence-electron chi connectivity index (χ0n) is 9.89. The lowest BCUT2D eigenvalue weighted by Crippen LogP contribution is -2.25. The molecule has 0 radical (unpaired) electrons. The van der Waals surface area contributed by atoms with Gasteiger partial charge in [-0.1, -0.05) is 11.6 Å². The number of pyridine rings is 1. The number of carbonyl (C=O) groups is 1. The third-order valence-corrected chi connectivity index (χ3v) is 3.08. The Morgan fingerprint density at radius 3 is 2.72 bits per heavy atom. The molecule has 1 amide bonds. The van der Waals surface area contributed by atoms with Crippen molar-refractivity contribution < 1.29 is 4.79 Å². The number of imidazole rings is 1. The van der Waals surface area contributed by atoms with Gasteiger partial charge in [-0.05, 0) is 19.9 Å². The number of nitrogens with zero attached hydrogens (tertiary/aromatic N) is 3. The molecule has 0 spiro atoms. The molecule has 2 aromatic heterocycles. The third-order valence-electron chi connectivity index (χ3n) is 2.68. The Hall–Kier alpha value is -1.33. The molecular weight excluding hydrogens is 275 g/mol. The molecule has 2 aromatic rings. The number of aromatic nitrogens is 3. The van der Waals surface area contributed by atoms with Crippen LogP contribution in [0.3, 0.4) is 0 Å². The molecule has 0 saturated heterocycles. The summed E-state index contributed by atoms with van der Waals surface area (Å²) in [6.45, 7) is 3.46. The van der Waals surface area contributed by atoms with E-state index in [2.05, 4.69) is 9.97 Å². The Balaban J connectivity index is 2.74. The zero-order chi connectivity index (χ0) is 13.4. The molecule has 2 heterocycles. The number of primary amides is 1. The molecule has 2 N–H and O–H groups in total. The maximum Gasteiger partial charge on any atom is 0.240 e. The number of amides is 1. The molecule has 7 heteroatoms. The van der Waals surface area contributed by atoms with E-state index < -0.39 is 11.9 Å². The van der Waals surface area contributed by atoms with Gasteiger partial charge in [0.25, 0.3) is 0 Å². The molecule has 0 aromatic carbocycles. The van der Waals surface area contributed by atoms with E-state index in [-0.39, 0.29) is 5.38 Å². The van der Waals surface area contributed by atoms with Gasteiger partial charge < -0.3 is 5.73 Å². The number of alkyl halides is 1. The average Bonchev–Trinajstić information content (AvgIpc) is 2.66. The number of halogens is 2. The molecular formula is C11H12Cl2N4O. The van der Waals surface area contributed by atoms with Crippen molar-refractivity contribution in [1.29, 1.82) is 0 Å².